The quantitative estimate of drug-likeness (QED) is 0.858. The smallest absolute Gasteiger partial charge is 0.329 e. The number of nitrogens with zero attached hydrogens (tertiary/aromatic N) is 5. The third-order valence-corrected chi connectivity index (χ3v) is 4.74. The number of hydrogen-bond donors (Lipinski definition) is 1. The van der Waals surface area contributed by atoms with Gasteiger partial charge in [-0.05, 0) is 25.0 Å². The lowest BCUT2D eigenvalue weighted by Gasteiger charge is -2.36. The Kier molecular flexibility index (Phi) is 3.59. The first kappa shape index (κ1) is 14.9. The van der Waals surface area contributed by atoms with E-state index in [0.717, 1.165) is 42.3 Å². The Balaban J connectivity index is 1.44. The summed E-state index contributed by atoms with van der Waals surface area (Å²) in [4.78, 5) is 30.5. The van der Waals surface area contributed by atoms with Crippen LogP contribution in [0.5, 0.6) is 0 Å². The normalized spacial score (nSPS) is 18.0. The van der Waals surface area contributed by atoms with Crippen molar-refractivity contribution >= 4 is 11.6 Å². The predicted molar refractivity (Wildman–Crippen MR) is 90.7 cm³/mol. The van der Waals surface area contributed by atoms with E-state index >= 15 is 0 Å². The Labute approximate surface area is 138 Å². The molecule has 0 unspecified atom stereocenters. The van der Waals surface area contributed by atoms with Crippen molar-refractivity contribution in [2.75, 3.05) is 36.0 Å². The lowest BCUT2D eigenvalue weighted by Crippen LogP contribution is -2.48. The van der Waals surface area contributed by atoms with Crippen LogP contribution in [0.2, 0.25) is 0 Å². The summed E-state index contributed by atoms with van der Waals surface area (Å²) in [6.07, 6.45) is 2.45. The molecule has 1 saturated carbocycles. The molecule has 2 aliphatic rings. The molecule has 1 aliphatic carbocycles. The third-order valence-electron chi connectivity index (χ3n) is 4.74. The molecule has 2 aromatic rings. The fourth-order valence-electron chi connectivity index (χ4n) is 2.99. The first-order valence-electron chi connectivity index (χ1n) is 8.26. The van der Waals surface area contributed by atoms with Gasteiger partial charge in [-0.1, -0.05) is 0 Å². The van der Waals surface area contributed by atoms with Gasteiger partial charge in [0.1, 0.15) is 5.82 Å². The van der Waals surface area contributed by atoms with Gasteiger partial charge in [-0.15, -0.1) is 5.10 Å². The molecule has 8 nitrogen and oxygen atoms in total. The first-order chi connectivity index (χ1) is 11.6. The summed E-state index contributed by atoms with van der Waals surface area (Å²) >= 11 is 0. The highest BCUT2D eigenvalue weighted by Gasteiger charge is 2.26. The van der Waals surface area contributed by atoms with E-state index in [0.29, 0.717) is 11.7 Å². The Morgan fingerprint density at radius 1 is 1.04 bits per heavy atom. The molecular weight excluding hydrogens is 308 g/mol. The number of H-pyrrole nitrogens is 1. The van der Waals surface area contributed by atoms with Crippen molar-refractivity contribution in [3.05, 3.63) is 44.7 Å². The van der Waals surface area contributed by atoms with Crippen LogP contribution in [0.15, 0.2) is 27.8 Å². The van der Waals surface area contributed by atoms with Crippen LogP contribution < -0.4 is 21.0 Å². The fraction of sp³-hybridized carbons (Fsp3) is 0.500. The Morgan fingerprint density at radius 2 is 1.75 bits per heavy atom. The molecule has 1 saturated heterocycles. The van der Waals surface area contributed by atoms with Crippen molar-refractivity contribution in [2.24, 2.45) is 7.05 Å². The van der Waals surface area contributed by atoms with E-state index in [4.69, 9.17) is 0 Å². The van der Waals surface area contributed by atoms with Crippen LogP contribution in [0.1, 0.15) is 24.5 Å². The summed E-state index contributed by atoms with van der Waals surface area (Å²) < 4.78 is 1.07. The molecule has 1 N–H and O–H groups in total. The molecule has 0 spiro atoms. The average molecular weight is 328 g/mol. The molecule has 0 bridgehead atoms. The molecular formula is C16H20N6O2. The van der Waals surface area contributed by atoms with Crippen molar-refractivity contribution in [2.45, 2.75) is 18.8 Å². The minimum Gasteiger partial charge on any atom is -0.354 e. The second-order valence-electron chi connectivity index (χ2n) is 6.42. The second-order valence-corrected chi connectivity index (χ2v) is 6.42. The number of aromatic amines is 1. The van der Waals surface area contributed by atoms with Crippen molar-refractivity contribution in [1.29, 1.82) is 0 Å². The highest BCUT2D eigenvalue weighted by atomic mass is 16.2. The molecule has 126 valence electrons. The van der Waals surface area contributed by atoms with Gasteiger partial charge >= 0.3 is 5.69 Å². The molecule has 8 heteroatoms. The van der Waals surface area contributed by atoms with Gasteiger partial charge in [0, 0.05) is 45.2 Å². The van der Waals surface area contributed by atoms with Gasteiger partial charge in [0.25, 0.3) is 5.56 Å². The number of rotatable bonds is 3. The van der Waals surface area contributed by atoms with Crippen LogP contribution in [0.25, 0.3) is 0 Å². The topological polar surface area (TPSA) is 87.1 Å². The summed E-state index contributed by atoms with van der Waals surface area (Å²) in [5, 5.41) is 8.68. The summed E-state index contributed by atoms with van der Waals surface area (Å²) in [5.74, 6) is 2.08. The van der Waals surface area contributed by atoms with Crippen molar-refractivity contribution in [3.8, 4) is 0 Å². The van der Waals surface area contributed by atoms with E-state index in [1.165, 1.54) is 26.0 Å². The number of aromatic nitrogens is 4. The molecule has 0 radical (unpaired) electrons. The molecule has 3 heterocycles. The Morgan fingerprint density at radius 3 is 2.33 bits per heavy atom. The van der Waals surface area contributed by atoms with Crippen molar-refractivity contribution in [3.63, 3.8) is 0 Å². The summed E-state index contributed by atoms with van der Waals surface area (Å²) in [6, 6.07) is 5.59. The average Bonchev–Trinajstić information content (AvgIpc) is 3.45. The number of hydrogen-bond acceptors (Lipinski definition) is 6. The van der Waals surface area contributed by atoms with Gasteiger partial charge in [-0.3, -0.25) is 14.3 Å². The lowest BCUT2D eigenvalue weighted by molar-refractivity contribution is 0.630. The van der Waals surface area contributed by atoms with Gasteiger partial charge < -0.3 is 9.80 Å². The number of piperazine rings is 1. The molecule has 0 aromatic carbocycles. The maximum absolute atomic E-state index is 11.8. The standard InChI is InChI=1S/C16H20N6O2/c1-20-15(23)10-14(17-16(20)24)22-8-6-21(7-9-22)13-5-4-12(18-19-13)11-2-3-11/h4-5,10-11H,2-3,6-9H2,1H3,(H,17,24). The van der Waals surface area contributed by atoms with E-state index < -0.39 is 0 Å². The monoisotopic (exact) mass is 328 g/mol. The minimum absolute atomic E-state index is 0.294. The van der Waals surface area contributed by atoms with E-state index in [-0.39, 0.29) is 11.2 Å². The molecule has 0 atom stereocenters. The van der Waals surface area contributed by atoms with Crippen LogP contribution in [0.4, 0.5) is 11.6 Å². The zero-order chi connectivity index (χ0) is 16.7. The summed E-state index contributed by atoms with van der Waals surface area (Å²) in [5.41, 5.74) is 0.411. The Bertz CT molecular complexity index is 813. The Hall–Kier alpha value is -2.64. The number of nitrogens with one attached hydrogen (secondary N) is 1. The van der Waals surface area contributed by atoms with Crippen LogP contribution in [0.3, 0.4) is 0 Å². The molecule has 24 heavy (non-hydrogen) atoms. The summed E-state index contributed by atoms with van der Waals surface area (Å²) in [6.45, 7) is 2.98. The summed E-state index contributed by atoms with van der Waals surface area (Å²) in [7, 11) is 1.47. The van der Waals surface area contributed by atoms with Gasteiger partial charge in [-0.25, -0.2) is 4.79 Å². The first-order valence-corrected chi connectivity index (χ1v) is 8.26. The van der Waals surface area contributed by atoms with Gasteiger partial charge in [0.2, 0.25) is 0 Å². The lowest BCUT2D eigenvalue weighted by atomic mass is 10.2. The van der Waals surface area contributed by atoms with E-state index in [1.807, 2.05) is 11.0 Å². The van der Waals surface area contributed by atoms with Crippen LogP contribution >= 0.6 is 0 Å². The molecule has 4 rings (SSSR count). The van der Waals surface area contributed by atoms with Crippen LogP contribution in [-0.4, -0.2) is 45.9 Å². The van der Waals surface area contributed by atoms with Gasteiger partial charge in [0.15, 0.2) is 5.82 Å². The second kappa shape index (κ2) is 5.77. The van der Waals surface area contributed by atoms with E-state index in [9.17, 15) is 9.59 Å². The highest BCUT2D eigenvalue weighted by Crippen LogP contribution is 2.38. The molecule has 0 amide bonds. The van der Waals surface area contributed by atoms with Crippen molar-refractivity contribution < 1.29 is 0 Å². The fourth-order valence-corrected chi connectivity index (χ4v) is 2.99. The van der Waals surface area contributed by atoms with Crippen molar-refractivity contribution in [1.82, 2.24) is 19.7 Å². The predicted octanol–water partition coefficient (Wildman–Crippen LogP) is 0.0676. The minimum atomic E-state index is -0.388. The zero-order valence-corrected chi connectivity index (χ0v) is 13.6. The molecule has 1 aliphatic heterocycles. The largest absolute Gasteiger partial charge is 0.354 e. The van der Waals surface area contributed by atoms with Crippen LogP contribution in [-0.2, 0) is 7.05 Å². The van der Waals surface area contributed by atoms with Crippen LogP contribution in [0, 0.1) is 0 Å². The van der Waals surface area contributed by atoms with Gasteiger partial charge in [0.05, 0.1) is 5.69 Å². The number of anilines is 2. The molecule has 2 fully saturated rings. The third kappa shape index (κ3) is 2.79. The van der Waals surface area contributed by atoms with E-state index in [2.05, 4.69) is 26.1 Å². The molecule has 2 aromatic heterocycles. The van der Waals surface area contributed by atoms with E-state index in [1.54, 1.807) is 0 Å². The highest BCUT2D eigenvalue weighted by molar-refractivity contribution is 5.44. The maximum atomic E-state index is 11.8. The zero-order valence-electron chi connectivity index (χ0n) is 13.6. The SMILES string of the molecule is Cn1c(=O)cc(N2CCN(c3ccc(C4CC4)nn3)CC2)[nH]c1=O. The maximum Gasteiger partial charge on any atom is 0.329 e. The van der Waals surface area contributed by atoms with Gasteiger partial charge in [-0.2, -0.15) is 5.10 Å².